The maximum absolute atomic E-state index is 12.7. The molecule has 0 spiro atoms. The summed E-state index contributed by atoms with van der Waals surface area (Å²) in [7, 11) is 1.58. The van der Waals surface area contributed by atoms with Crippen LogP contribution in [0, 0.1) is 11.3 Å². The number of carboxylic acid groups (broad SMARTS) is 1. The highest BCUT2D eigenvalue weighted by Crippen LogP contribution is 2.37. The Hall–Kier alpha value is -4.24. The first kappa shape index (κ1) is 23.4. The minimum atomic E-state index is -5.08. The molecule has 8 nitrogen and oxygen atoms in total. The molecule has 12 heteroatoms. The van der Waals surface area contributed by atoms with E-state index in [1.54, 1.807) is 43.7 Å². The van der Waals surface area contributed by atoms with E-state index in [-0.39, 0.29) is 5.56 Å². The number of thiophene rings is 1. The van der Waals surface area contributed by atoms with Gasteiger partial charge in [0.05, 0.1) is 10.9 Å². The van der Waals surface area contributed by atoms with Crippen LogP contribution in [0.3, 0.4) is 0 Å². The molecule has 3 aromatic heterocycles. The van der Waals surface area contributed by atoms with E-state index in [4.69, 9.17) is 14.6 Å². The van der Waals surface area contributed by atoms with Crippen LogP contribution >= 0.6 is 11.3 Å². The summed E-state index contributed by atoms with van der Waals surface area (Å²) in [4.78, 5) is 25.6. The summed E-state index contributed by atoms with van der Waals surface area (Å²) in [6, 6.07) is 12.7. The largest absolute Gasteiger partial charge is 0.490 e. The van der Waals surface area contributed by atoms with E-state index in [1.807, 2.05) is 17.5 Å². The maximum Gasteiger partial charge on any atom is 0.490 e. The van der Waals surface area contributed by atoms with Gasteiger partial charge in [0.15, 0.2) is 0 Å². The van der Waals surface area contributed by atoms with E-state index in [2.05, 4.69) is 16.2 Å². The zero-order valence-corrected chi connectivity index (χ0v) is 17.5. The molecule has 0 saturated heterocycles. The number of nitrogens with zero attached hydrogens (tertiary/aromatic N) is 4. The second-order valence-electron chi connectivity index (χ2n) is 6.34. The number of nitriles is 1. The van der Waals surface area contributed by atoms with Crippen molar-refractivity contribution in [1.82, 2.24) is 14.8 Å². The van der Waals surface area contributed by atoms with Crippen molar-refractivity contribution in [2.45, 2.75) is 6.18 Å². The summed E-state index contributed by atoms with van der Waals surface area (Å²) >= 11 is 1.39. The van der Waals surface area contributed by atoms with Gasteiger partial charge in [-0.1, -0.05) is 12.1 Å². The average Bonchev–Trinajstić information content (AvgIpc) is 3.24. The molecule has 0 radical (unpaired) electrons. The normalized spacial score (nSPS) is 10.8. The molecule has 0 amide bonds. The van der Waals surface area contributed by atoms with Gasteiger partial charge in [0, 0.05) is 30.4 Å². The van der Waals surface area contributed by atoms with Crippen molar-refractivity contribution in [2.24, 2.45) is 7.05 Å². The van der Waals surface area contributed by atoms with Crippen molar-refractivity contribution < 1.29 is 27.8 Å². The fourth-order valence-corrected chi connectivity index (χ4v) is 3.67. The number of halogens is 3. The van der Waals surface area contributed by atoms with Gasteiger partial charge >= 0.3 is 12.1 Å². The number of aromatic nitrogens is 3. The zero-order valence-electron chi connectivity index (χ0n) is 16.7. The Morgan fingerprint density at radius 2 is 1.85 bits per heavy atom. The Bertz CT molecular complexity index is 1410. The highest BCUT2D eigenvalue weighted by molar-refractivity contribution is 7.18. The summed E-state index contributed by atoms with van der Waals surface area (Å²) in [6.45, 7) is 0. The molecular formula is C21H13F3N4O4S. The number of carbonyl (C=O) groups is 1. The number of hydrogen-bond donors (Lipinski definition) is 1. The first-order valence-corrected chi connectivity index (χ1v) is 9.87. The lowest BCUT2D eigenvalue weighted by molar-refractivity contribution is -0.192. The van der Waals surface area contributed by atoms with Crippen molar-refractivity contribution in [1.29, 1.82) is 5.26 Å². The molecule has 4 aromatic rings. The topological polar surface area (TPSA) is 118 Å². The summed E-state index contributed by atoms with van der Waals surface area (Å²) < 4.78 is 39.5. The van der Waals surface area contributed by atoms with Gasteiger partial charge in [-0.25, -0.2) is 9.48 Å². The molecule has 1 aromatic carbocycles. The minimum absolute atomic E-state index is 0.200. The van der Waals surface area contributed by atoms with E-state index in [9.17, 15) is 23.2 Å². The Balaban J connectivity index is 0.000000383. The number of hydrogen-bond acceptors (Lipinski definition) is 7. The quantitative estimate of drug-likeness (QED) is 0.469. The van der Waals surface area contributed by atoms with Gasteiger partial charge < -0.3 is 9.84 Å². The molecule has 0 fully saturated rings. The van der Waals surface area contributed by atoms with Gasteiger partial charge in [0.2, 0.25) is 0 Å². The molecule has 0 saturated carbocycles. The van der Waals surface area contributed by atoms with Crippen LogP contribution in [0.25, 0.3) is 21.2 Å². The lowest BCUT2D eigenvalue weighted by atomic mass is 10.1. The number of ether oxygens (including phenoxy) is 1. The van der Waals surface area contributed by atoms with Gasteiger partial charge in [-0.15, -0.1) is 16.4 Å². The van der Waals surface area contributed by atoms with Gasteiger partial charge in [0.25, 0.3) is 11.4 Å². The van der Waals surface area contributed by atoms with Gasteiger partial charge in [-0.3, -0.25) is 9.78 Å². The third kappa shape index (κ3) is 5.16. The molecule has 0 bridgehead atoms. The third-order valence-corrected chi connectivity index (χ3v) is 5.15. The van der Waals surface area contributed by atoms with Crippen LogP contribution in [0.4, 0.5) is 13.2 Å². The Morgan fingerprint density at radius 3 is 2.45 bits per heavy atom. The molecule has 0 aliphatic rings. The Labute approximate surface area is 187 Å². The maximum atomic E-state index is 12.7. The Morgan fingerprint density at radius 1 is 1.21 bits per heavy atom. The molecule has 0 unspecified atom stereocenters. The molecule has 0 aliphatic heterocycles. The van der Waals surface area contributed by atoms with Gasteiger partial charge in [0.1, 0.15) is 16.5 Å². The van der Waals surface area contributed by atoms with Crippen LogP contribution in [0.2, 0.25) is 0 Å². The summed E-state index contributed by atoms with van der Waals surface area (Å²) in [6.07, 6.45) is -1.71. The van der Waals surface area contributed by atoms with Crippen LogP contribution < -0.4 is 10.3 Å². The molecule has 3 heterocycles. The number of para-hydroxylation sites is 1. The standard InChI is InChI=1S/C19H12N4O2S.C2HF3O2/c1-23-19(24)16-14(12-6-8-21-9-7-12)11-26-17(16)18(22-23)25-15-5-3-2-4-13(15)10-20;3-2(4,5)1(6)7/h2-9,11H,1H3;(H,6,7). The van der Waals surface area contributed by atoms with Crippen LogP contribution in [0.1, 0.15) is 5.56 Å². The predicted molar refractivity (Wildman–Crippen MR) is 113 cm³/mol. The van der Waals surface area contributed by atoms with Crippen molar-refractivity contribution in [2.75, 3.05) is 0 Å². The molecule has 168 valence electrons. The molecule has 0 atom stereocenters. The third-order valence-electron chi connectivity index (χ3n) is 4.18. The van der Waals surface area contributed by atoms with Crippen LogP contribution in [-0.4, -0.2) is 32.0 Å². The van der Waals surface area contributed by atoms with Crippen molar-refractivity contribution in [3.05, 3.63) is 70.1 Å². The number of aliphatic carboxylic acids is 1. The number of carboxylic acids is 1. The van der Waals surface area contributed by atoms with E-state index >= 15 is 0 Å². The Kier molecular flexibility index (Phi) is 6.74. The second-order valence-corrected chi connectivity index (χ2v) is 7.22. The van der Waals surface area contributed by atoms with Crippen molar-refractivity contribution in [3.63, 3.8) is 0 Å². The van der Waals surface area contributed by atoms with E-state index in [1.165, 1.54) is 16.0 Å². The summed E-state index contributed by atoms with van der Waals surface area (Å²) in [5, 5.41) is 23.1. The molecule has 33 heavy (non-hydrogen) atoms. The van der Waals surface area contributed by atoms with Gasteiger partial charge in [-0.05, 0) is 29.8 Å². The molecule has 0 aliphatic carbocycles. The summed E-state index contributed by atoms with van der Waals surface area (Å²) in [5.74, 6) is -2.05. The monoisotopic (exact) mass is 474 g/mol. The van der Waals surface area contributed by atoms with Crippen LogP contribution in [0.5, 0.6) is 11.6 Å². The number of benzene rings is 1. The fourth-order valence-electron chi connectivity index (χ4n) is 2.68. The smallest absolute Gasteiger partial charge is 0.475 e. The number of rotatable bonds is 3. The average molecular weight is 474 g/mol. The number of fused-ring (bicyclic) bond motifs is 1. The minimum Gasteiger partial charge on any atom is -0.475 e. The lowest BCUT2D eigenvalue weighted by Gasteiger charge is -2.09. The first-order valence-electron chi connectivity index (χ1n) is 8.99. The predicted octanol–water partition coefficient (Wildman–Crippen LogP) is 4.35. The number of alkyl halides is 3. The number of pyridine rings is 1. The zero-order chi connectivity index (χ0) is 24.2. The molecule has 1 N–H and O–H groups in total. The highest BCUT2D eigenvalue weighted by atomic mass is 32.1. The lowest BCUT2D eigenvalue weighted by Crippen LogP contribution is -2.21. The summed E-state index contributed by atoms with van der Waals surface area (Å²) in [5.41, 5.74) is 1.92. The van der Waals surface area contributed by atoms with E-state index < -0.39 is 12.1 Å². The number of aryl methyl sites for hydroxylation is 1. The van der Waals surface area contributed by atoms with E-state index in [0.29, 0.717) is 27.3 Å². The molecule has 4 rings (SSSR count). The van der Waals surface area contributed by atoms with Gasteiger partial charge in [-0.2, -0.15) is 18.4 Å². The highest BCUT2D eigenvalue weighted by Gasteiger charge is 2.38. The SMILES string of the molecule is Cn1nc(Oc2ccccc2C#N)c2scc(-c3ccncc3)c2c1=O.O=C(O)C(F)(F)F. The van der Waals surface area contributed by atoms with Crippen molar-refractivity contribution in [3.8, 4) is 28.8 Å². The van der Waals surface area contributed by atoms with E-state index in [0.717, 1.165) is 11.1 Å². The van der Waals surface area contributed by atoms with Crippen LogP contribution in [-0.2, 0) is 11.8 Å². The van der Waals surface area contributed by atoms with Crippen molar-refractivity contribution >= 4 is 27.4 Å². The second kappa shape index (κ2) is 9.49. The first-order chi connectivity index (χ1) is 15.6. The van der Waals surface area contributed by atoms with Crippen LogP contribution in [0.15, 0.2) is 59.0 Å². The molecular weight excluding hydrogens is 461 g/mol. The fraction of sp³-hybridized carbons (Fsp3) is 0.0952.